The Morgan fingerprint density at radius 2 is 1.76 bits per heavy atom. The number of nitrogens with one attached hydrogen (secondary N) is 2. The molecular formula is C21H13Cl2F3N4O3. The van der Waals surface area contributed by atoms with Gasteiger partial charge < -0.3 is 25.6 Å². The number of rotatable bonds is 4. The van der Waals surface area contributed by atoms with E-state index in [0.717, 1.165) is 12.1 Å². The minimum atomic E-state index is -4.85. The highest BCUT2D eigenvalue weighted by Crippen LogP contribution is 2.42. The summed E-state index contributed by atoms with van der Waals surface area (Å²) < 4.78 is 46.2. The summed E-state index contributed by atoms with van der Waals surface area (Å²) in [5.74, 6) is -0.293. The van der Waals surface area contributed by atoms with Crippen molar-refractivity contribution in [2.75, 3.05) is 16.4 Å². The third-order valence-corrected chi connectivity index (χ3v) is 5.35. The Morgan fingerprint density at radius 1 is 1.00 bits per heavy atom. The molecule has 4 N–H and O–H groups in total. The summed E-state index contributed by atoms with van der Waals surface area (Å²) in [6.45, 7) is 0. The molecule has 170 valence electrons. The summed E-state index contributed by atoms with van der Waals surface area (Å²) in [5, 5.41) is 9.41. The van der Waals surface area contributed by atoms with Crippen LogP contribution in [-0.2, 0) is 0 Å². The second kappa shape index (κ2) is 8.72. The molecule has 0 atom stereocenters. The van der Waals surface area contributed by atoms with Crippen LogP contribution in [0.15, 0.2) is 59.1 Å². The van der Waals surface area contributed by atoms with Crippen LogP contribution in [0.3, 0.4) is 0 Å². The number of carbonyl (C=O) groups excluding carboxylic acids is 1. The molecular weight excluding hydrogens is 484 g/mol. The summed E-state index contributed by atoms with van der Waals surface area (Å²) in [6.07, 6.45) is -4.85. The van der Waals surface area contributed by atoms with E-state index in [9.17, 15) is 18.0 Å². The van der Waals surface area contributed by atoms with Crippen molar-refractivity contribution < 1.29 is 27.2 Å². The fourth-order valence-electron chi connectivity index (χ4n) is 3.15. The second-order valence-electron chi connectivity index (χ2n) is 6.69. The van der Waals surface area contributed by atoms with Crippen molar-refractivity contribution in [1.82, 2.24) is 5.16 Å². The molecule has 0 aliphatic rings. The number of amides is 2. The van der Waals surface area contributed by atoms with Crippen molar-refractivity contribution in [2.24, 2.45) is 0 Å². The molecule has 0 saturated carbocycles. The van der Waals surface area contributed by atoms with Gasteiger partial charge in [-0.1, -0.05) is 52.6 Å². The highest BCUT2D eigenvalue weighted by atomic mass is 35.5. The first kappa shape index (κ1) is 22.6. The minimum absolute atomic E-state index is 0.0468. The van der Waals surface area contributed by atoms with Crippen molar-refractivity contribution in [2.45, 2.75) is 6.36 Å². The topological polar surface area (TPSA) is 102 Å². The van der Waals surface area contributed by atoms with Crippen LogP contribution in [0, 0.1) is 0 Å². The number of nitrogens with two attached hydrogens (primary N) is 1. The summed E-state index contributed by atoms with van der Waals surface area (Å²) in [7, 11) is 0. The van der Waals surface area contributed by atoms with E-state index in [4.69, 9.17) is 33.5 Å². The highest BCUT2D eigenvalue weighted by molar-refractivity contribution is 6.46. The predicted molar refractivity (Wildman–Crippen MR) is 120 cm³/mol. The van der Waals surface area contributed by atoms with E-state index >= 15 is 0 Å². The molecule has 4 rings (SSSR count). The number of anilines is 3. The average molecular weight is 497 g/mol. The Bertz CT molecular complexity index is 1360. The highest BCUT2D eigenvalue weighted by Gasteiger charge is 2.31. The maximum atomic E-state index is 12.4. The van der Waals surface area contributed by atoms with Crippen LogP contribution in [0.5, 0.6) is 5.75 Å². The first-order valence-corrected chi connectivity index (χ1v) is 9.94. The lowest BCUT2D eigenvalue weighted by atomic mass is 10.0. The van der Waals surface area contributed by atoms with Gasteiger partial charge in [-0.25, -0.2) is 4.79 Å². The lowest BCUT2D eigenvalue weighted by molar-refractivity contribution is -0.274. The number of ether oxygens (including phenoxy) is 1. The van der Waals surface area contributed by atoms with Gasteiger partial charge in [0, 0.05) is 17.3 Å². The van der Waals surface area contributed by atoms with Gasteiger partial charge in [0.1, 0.15) is 5.75 Å². The molecule has 4 aromatic rings. The van der Waals surface area contributed by atoms with E-state index in [1.807, 2.05) is 0 Å². The Labute approximate surface area is 194 Å². The van der Waals surface area contributed by atoms with E-state index in [-0.39, 0.29) is 27.2 Å². The molecule has 0 aliphatic heterocycles. The zero-order valence-corrected chi connectivity index (χ0v) is 17.8. The number of fused-ring (bicyclic) bond motifs is 1. The molecule has 3 aromatic carbocycles. The standard InChI is InChI=1S/C21H13Cl2F3N4O3/c22-17-13(12-5-2-6-15-16(12)19(27)30-33-15)7-8-14(18(17)23)29-20(31)28-10-3-1-4-11(9-10)32-21(24,25)26/h1-9H,(H2,27,30)(H2,28,29,31). The zero-order valence-electron chi connectivity index (χ0n) is 16.3. The largest absolute Gasteiger partial charge is 0.573 e. The van der Waals surface area contributed by atoms with Crippen LogP contribution in [0.25, 0.3) is 22.1 Å². The summed E-state index contributed by atoms with van der Waals surface area (Å²) >= 11 is 12.8. The minimum Gasteiger partial charge on any atom is -0.406 e. The molecule has 2 amide bonds. The SMILES string of the molecule is Nc1noc2cccc(-c3ccc(NC(=O)Nc4cccc(OC(F)(F)F)c4)c(Cl)c3Cl)c12. The smallest absolute Gasteiger partial charge is 0.406 e. The van der Waals surface area contributed by atoms with E-state index in [1.165, 1.54) is 18.2 Å². The maximum absolute atomic E-state index is 12.4. The molecule has 12 heteroatoms. The Hall–Kier alpha value is -3.63. The molecule has 1 heterocycles. The van der Waals surface area contributed by atoms with Crippen LogP contribution >= 0.6 is 23.2 Å². The second-order valence-corrected chi connectivity index (χ2v) is 7.45. The number of alkyl halides is 3. The van der Waals surface area contributed by atoms with E-state index in [1.54, 1.807) is 24.3 Å². The third-order valence-electron chi connectivity index (χ3n) is 4.47. The lowest BCUT2D eigenvalue weighted by Gasteiger charge is -2.14. The molecule has 33 heavy (non-hydrogen) atoms. The third kappa shape index (κ3) is 4.91. The lowest BCUT2D eigenvalue weighted by Crippen LogP contribution is -2.20. The molecule has 0 fully saturated rings. The van der Waals surface area contributed by atoms with Crippen molar-refractivity contribution >= 4 is 57.4 Å². The fourth-order valence-corrected chi connectivity index (χ4v) is 3.63. The number of aromatic nitrogens is 1. The first-order valence-electron chi connectivity index (χ1n) is 9.18. The van der Waals surface area contributed by atoms with Gasteiger partial charge in [0.15, 0.2) is 11.4 Å². The molecule has 1 aromatic heterocycles. The predicted octanol–water partition coefficient (Wildman–Crippen LogP) is 6.93. The molecule has 0 saturated heterocycles. The van der Waals surface area contributed by atoms with Crippen LogP contribution in [0.4, 0.5) is 35.2 Å². The number of nitrogens with zero attached hydrogens (tertiary/aromatic N) is 1. The number of hydrogen-bond acceptors (Lipinski definition) is 5. The van der Waals surface area contributed by atoms with Crippen LogP contribution in [0.1, 0.15) is 0 Å². The Kier molecular flexibility index (Phi) is 5.96. The van der Waals surface area contributed by atoms with Gasteiger partial charge in [-0.15, -0.1) is 13.2 Å². The number of nitrogen functional groups attached to an aromatic ring is 1. The first-order chi connectivity index (χ1) is 15.6. The van der Waals surface area contributed by atoms with Gasteiger partial charge >= 0.3 is 12.4 Å². The Morgan fingerprint density at radius 3 is 2.52 bits per heavy atom. The van der Waals surface area contributed by atoms with Gasteiger partial charge in [0.25, 0.3) is 0 Å². The number of benzene rings is 3. The number of hydrogen-bond donors (Lipinski definition) is 3. The molecule has 0 aliphatic carbocycles. The summed E-state index contributed by atoms with van der Waals surface area (Å²) in [5.41, 5.74) is 7.78. The van der Waals surface area contributed by atoms with E-state index < -0.39 is 18.1 Å². The average Bonchev–Trinajstić information content (AvgIpc) is 3.12. The molecule has 7 nitrogen and oxygen atoms in total. The molecule has 0 unspecified atom stereocenters. The van der Waals surface area contributed by atoms with Crippen LogP contribution < -0.4 is 21.1 Å². The monoisotopic (exact) mass is 496 g/mol. The Balaban J connectivity index is 1.55. The zero-order chi connectivity index (χ0) is 23.8. The van der Waals surface area contributed by atoms with Crippen molar-refractivity contribution in [3.63, 3.8) is 0 Å². The summed E-state index contributed by atoms with van der Waals surface area (Å²) in [6, 6.07) is 12.4. The normalized spacial score (nSPS) is 11.4. The van der Waals surface area contributed by atoms with Gasteiger partial charge in [0.05, 0.1) is 21.1 Å². The van der Waals surface area contributed by atoms with Crippen LogP contribution in [-0.4, -0.2) is 17.6 Å². The fraction of sp³-hybridized carbons (Fsp3) is 0.0476. The maximum Gasteiger partial charge on any atom is 0.573 e. The van der Waals surface area contributed by atoms with Crippen molar-refractivity contribution in [3.05, 3.63) is 64.6 Å². The number of halogens is 5. The number of carbonyl (C=O) groups is 1. The molecule has 0 radical (unpaired) electrons. The van der Waals surface area contributed by atoms with Gasteiger partial charge in [-0.05, 0) is 29.8 Å². The van der Waals surface area contributed by atoms with Crippen LogP contribution in [0.2, 0.25) is 10.0 Å². The van der Waals surface area contributed by atoms with Gasteiger partial charge in [0.2, 0.25) is 0 Å². The van der Waals surface area contributed by atoms with Crippen molar-refractivity contribution in [3.8, 4) is 16.9 Å². The van der Waals surface area contributed by atoms with Gasteiger partial charge in [-0.3, -0.25) is 0 Å². The molecule has 0 bridgehead atoms. The number of urea groups is 1. The summed E-state index contributed by atoms with van der Waals surface area (Å²) in [4.78, 5) is 12.4. The van der Waals surface area contributed by atoms with E-state index in [0.29, 0.717) is 22.1 Å². The van der Waals surface area contributed by atoms with E-state index in [2.05, 4.69) is 20.5 Å². The van der Waals surface area contributed by atoms with Crippen molar-refractivity contribution in [1.29, 1.82) is 0 Å². The van der Waals surface area contributed by atoms with Gasteiger partial charge in [-0.2, -0.15) is 0 Å². The quantitative estimate of drug-likeness (QED) is 0.284. The molecule has 0 spiro atoms.